The average Bonchev–Trinajstić information content (AvgIpc) is 2.88. The van der Waals surface area contributed by atoms with E-state index in [0.29, 0.717) is 11.3 Å². The fourth-order valence-electron chi connectivity index (χ4n) is 2.41. The first-order valence-electron chi connectivity index (χ1n) is 6.25. The maximum absolute atomic E-state index is 12.2. The van der Waals surface area contributed by atoms with E-state index in [1.165, 1.54) is 11.3 Å². The maximum atomic E-state index is 12.2. The maximum Gasteiger partial charge on any atom is 0.255 e. The molecule has 0 fully saturated rings. The van der Waals surface area contributed by atoms with Gasteiger partial charge in [0, 0.05) is 5.56 Å². The van der Waals surface area contributed by atoms with Crippen LogP contribution in [0.4, 0.5) is 5.69 Å². The summed E-state index contributed by atoms with van der Waals surface area (Å²) in [6, 6.07) is 9.12. The first-order valence-corrected chi connectivity index (χ1v) is 7.92. The van der Waals surface area contributed by atoms with E-state index >= 15 is 0 Å². The van der Waals surface area contributed by atoms with Crippen molar-refractivity contribution in [3.8, 4) is 0 Å². The summed E-state index contributed by atoms with van der Waals surface area (Å²) in [5.41, 5.74) is 7.53. The first-order chi connectivity index (χ1) is 10.1. The Kier molecular flexibility index (Phi) is 3.69. The number of nitrogens with one attached hydrogen (secondary N) is 1. The van der Waals surface area contributed by atoms with Crippen molar-refractivity contribution < 1.29 is 9.59 Å². The van der Waals surface area contributed by atoms with Gasteiger partial charge in [0.1, 0.15) is 6.17 Å². The van der Waals surface area contributed by atoms with E-state index in [0.717, 1.165) is 9.35 Å². The highest BCUT2D eigenvalue weighted by atomic mass is 79.9. The topological polar surface area (TPSA) is 75.4 Å². The molecular formula is C14H12BrN3O2S. The number of carbonyl (C=O) groups is 2. The second-order valence-electron chi connectivity index (χ2n) is 4.67. The van der Waals surface area contributed by atoms with Gasteiger partial charge in [-0.15, -0.1) is 11.3 Å². The number of nitrogens with two attached hydrogens (primary N) is 1. The summed E-state index contributed by atoms with van der Waals surface area (Å²) < 4.78 is 0.963. The van der Waals surface area contributed by atoms with Gasteiger partial charge in [-0.2, -0.15) is 0 Å². The molecule has 1 aromatic heterocycles. The summed E-state index contributed by atoms with van der Waals surface area (Å²) in [5, 5.41) is 4.86. The molecule has 3 N–H and O–H groups in total. The van der Waals surface area contributed by atoms with Crippen LogP contribution in [-0.4, -0.2) is 18.4 Å². The van der Waals surface area contributed by atoms with Crippen LogP contribution in [0.2, 0.25) is 0 Å². The number of para-hydroxylation sites is 1. The van der Waals surface area contributed by atoms with E-state index in [2.05, 4.69) is 21.2 Å². The molecule has 1 aromatic carbocycles. The molecule has 0 aliphatic carbocycles. The Labute approximate surface area is 133 Å². The molecule has 0 saturated carbocycles. The van der Waals surface area contributed by atoms with Crippen molar-refractivity contribution >= 4 is 44.8 Å². The van der Waals surface area contributed by atoms with Crippen LogP contribution in [0.25, 0.3) is 0 Å². The van der Waals surface area contributed by atoms with Crippen molar-refractivity contribution in [3.63, 3.8) is 0 Å². The van der Waals surface area contributed by atoms with Gasteiger partial charge in [0.15, 0.2) is 0 Å². The highest BCUT2D eigenvalue weighted by Gasteiger charge is 2.32. The zero-order valence-electron chi connectivity index (χ0n) is 10.9. The smallest absolute Gasteiger partial charge is 0.255 e. The van der Waals surface area contributed by atoms with Crippen LogP contribution in [0.15, 0.2) is 39.5 Å². The van der Waals surface area contributed by atoms with Gasteiger partial charge < -0.3 is 16.0 Å². The molecule has 0 saturated heterocycles. The van der Waals surface area contributed by atoms with Crippen LogP contribution >= 0.6 is 27.3 Å². The van der Waals surface area contributed by atoms with Gasteiger partial charge in [-0.25, -0.2) is 0 Å². The summed E-state index contributed by atoms with van der Waals surface area (Å²) in [6.07, 6.45) is -0.401. The zero-order chi connectivity index (χ0) is 15.0. The monoisotopic (exact) mass is 365 g/mol. The van der Waals surface area contributed by atoms with E-state index in [1.807, 2.05) is 28.5 Å². The Morgan fingerprint density at radius 1 is 1.43 bits per heavy atom. The molecule has 7 heteroatoms. The molecule has 1 atom stereocenters. The molecule has 21 heavy (non-hydrogen) atoms. The van der Waals surface area contributed by atoms with Crippen molar-refractivity contribution in [1.29, 1.82) is 0 Å². The summed E-state index contributed by atoms with van der Waals surface area (Å²) in [6.45, 7) is 0.0371. The number of amides is 2. The highest BCUT2D eigenvalue weighted by Crippen LogP contribution is 2.35. The fraction of sp³-hybridized carbons (Fsp3) is 0.143. The van der Waals surface area contributed by atoms with E-state index in [4.69, 9.17) is 5.73 Å². The molecule has 2 amide bonds. The molecular weight excluding hydrogens is 354 g/mol. The molecule has 5 nitrogen and oxygen atoms in total. The number of carbonyl (C=O) groups excluding carboxylic acids is 2. The van der Waals surface area contributed by atoms with E-state index in [1.54, 1.807) is 12.1 Å². The number of rotatable bonds is 3. The van der Waals surface area contributed by atoms with Crippen molar-refractivity contribution in [1.82, 2.24) is 5.32 Å². The van der Waals surface area contributed by atoms with Crippen LogP contribution in [0.5, 0.6) is 0 Å². The van der Waals surface area contributed by atoms with Gasteiger partial charge in [0.25, 0.3) is 5.91 Å². The number of benzene rings is 1. The standard InChI is InChI=1S/C14H12BrN3O2S/c15-11-5-8(7-21-11)13-17-14(20)9-3-1-2-4-10(9)18(13)6-12(16)19/h1-5,7,13H,6H2,(H2,16,19)(H,17,20). The number of nitrogens with zero attached hydrogens (tertiary/aromatic N) is 1. The third-order valence-electron chi connectivity index (χ3n) is 3.27. The Morgan fingerprint density at radius 3 is 2.86 bits per heavy atom. The minimum atomic E-state index is -0.444. The Hall–Kier alpha value is -1.86. The predicted octanol–water partition coefficient (Wildman–Crippen LogP) is 2.24. The Balaban J connectivity index is 2.08. The van der Waals surface area contributed by atoms with Gasteiger partial charge in [0.05, 0.1) is 21.6 Å². The lowest BCUT2D eigenvalue weighted by atomic mass is 10.0. The lowest BCUT2D eigenvalue weighted by molar-refractivity contribution is -0.116. The molecule has 1 aliphatic rings. The van der Waals surface area contributed by atoms with Gasteiger partial charge >= 0.3 is 0 Å². The van der Waals surface area contributed by atoms with Gasteiger partial charge in [-0.05, 0) is 39.5 Å². The molecule has 0 spiro atoms. The third kappa shape index (κ3) is 2.66. The number of hydrogen-bond donors (Lipinski definition) is 2. The largest absolute Gasteiger partial charge is 0.368 e. The fourth-order valence-corrected chi connectivity index (χ4v) is 3.60. The average molecular weight is 366 g/mol. The highest BCUT2D eigenvalue weighted by molar-refractivity contribution is 9.11. The lowest BCUT2D eigenvalue weighted by Crippen LogP contribution is -2.49. The molecule has 0 bridgehead atoms. The van der Waals surface area contributed by atoms with E-state index in [9.17, 15) is 9.59 Å². The molecule has 108 valence electrons. The minimum absolute atomic E-state index is 0.0371. The normalized spacial score (nSPS) is 17.3. The number of primary amides is 1. The Morgan fingerprint density at radius 2 is 2.19 bits per heavy atom. The van der Waals surface area contributed by atoms with E-state index < -0.39 is 12.1 Å². The second kappa shape index (κ2) is 5.50. The van der Waals surface area contributed by atoms with E-state index in [-0.39, 0.29) is 12.5 Å². The number of thiophene rings is 1. The van der Waals surface area contributed by atoms with Gasteiger partial charge in [0.2, 0.25) is 5.91 Å². The summed E-state index contributed by atoms with van der Waals surface area (Å²) >= 11 is 4.94. The molecule has 2 heterocycles. The summed E-state index contributed by atoms with van der Waals surface area (Å²) in [7, 11) is 0. The predicted molar refractivity (Wildman–Crippen MR) is 85.2 cm³/mol. The SMILES string of the molecule is NC(=O)CN1c2ccccc2C(=O)NC1c1csc(Br)c1. The minimum Gasteiger partial charge on any atom is -0.368 e. The molecule has 3 rings (SSSR count). The second-order valence-corrected chi connectivity index (χ2v) is 6.96. The van der Waals surface area contributed by atoms with Crippen LogP contribution in [0.1, 0.15) is 22.1 Å². The molecule has 2 aromatic rings. The van der Waals surface area contributed by atoms with Crippen molar-refractivity contribution in [2.75, 3.05) is 11.4 Å². The molecule has 0 radical (unpaired) electrons. The summed E-state index contributed by atoms with van der Waals surface area (Å²) in [4.78, 5) is 25.5. The van der Waals surface area contributed by atoms with Crippen LogP contribution in [0, 0.1) is 0 Å². The van der Waals surface area contributed by atoms with Crippen LogP contribution < -0.4 is 16.0 Å². The third-order valence-corrected chi connectivity index (χ3v) is 4.79. The van der Waals surface area contributed by atoms with Crippen molar-refractivity contribution in [2.24, 2.45) is 5.73 Å². The van der Waals surface area contributed by atoms with Gasteiger partial charge in [-0.3, -0.25) is 9.59 Å². The van der Waals surface area contributed by atoms with Crippen LogP contribution in [0.3, 0.4) is 0 Å². The Bertz CT molecular complexity index is 716. The molecule has 1 unspecified atom stereocenters. The lowest BCUT2D eigenvalue weighted by Gasteiger charge is -2.38. The number of halogens is 1. The van der Waals surface area contributed by atoms with Crippen molar-refractivity contribution in [2.45, 2.75) is 6.17 Å². The first kappa shape index (κ1) is 14.1. The quantitative estimate of drug-likeness (QED) is 0.875. The number of anilines is 1. The van der Waals surface area contributed by atoms with Crippen LogP contribution in [-0.2, 0) is 4.79 Å². The number of fused-ring (bicyclic) bond motifs is 1. The van der Waals surface area contributed by atoms with Crippen molar-refractivity contribution in [3.05, 3.63) is 50.6 Å². The number of hydrogen-bond acceptors (Lipinski definition) is 4. The molecule has 1 aliphatic heterocycles. The summed E-state index contributed by atoms with van der Waals surface area (Å²) in [5.74, 6) is -0.598. The zero-order valence-corrected chi connectivity index (χ0v) is 13.3. The van der Waals surface area contributed by atoms with Gasteiger partial charge in [-0.1, -0.05) is 12.1 Å².